The Morgan fingerprint density at radius 3 is 2.58 bits per heavy atom. The Balaban J connectivity index is 1.44. The molecule has 8 nitrogen and oxygen atoms in total. The van der Waals surface area contributed by atoms with Crippen molar-refractivity contribution in [1.29, 1.82) is 0 Å². The fourth-order valence-corrected chi connectivity index (χ4v) is 4.74. The van der Waals surface area contributed by atoms with Crippen LogP contribution in [0.2, 0.25) is 0 Å². The number of carbonyl (C=O) groups excluding carboxylic acids is 2. The molecule has 1 aliphatic carbocycles. The number of tetrazole rings is 1. The SMILES string of the molecule is CCC1CCN(c2ccc(NC(=O)C3(c4ccc(C(F)(F)F)cc4F)CC3)cc2-c2nn[nH]n2)C1=O. The molecule has 1 unspecified atom stereocenters. The molecule has 3 aromatic rings. The predicted octanol–water partition coefficient (Wildman–Crippen LogP) is 4.46. The lowest BCUT2D eigenvalue weighted by molar-refractivity contribution is -0.137. The smallest absolute Gasteiger partial charge is 0.325 e. The van der Waals surface area contributed by atoms with E-state index in [-0.39, 0.29) is 23.2 Å². The Hall–Kier alpha value is -3.83. The van der Waals surface area contributed by atoms with Crippen LogP contribution in [0.25, 0.3) is 11.4 Å². The van der Waals surface area contributed by atoms with Crippen LogP contribution in [0.3, 0.4) is 0 Å². The molecule has 2 heterocycles. The molecule has 12 heteroatoms. The highest BCUT2D eigenvalue weighted by Crippen LogP contribution is 2.50. The maximum absolute atomic E-state index is 14.6. The molecule has 1 atom stereocenters. The molecule has 36 heavy (non-hydrogen) atoms. The number of rotatable bonds is 6. The predicted molar refractivity (Wildman–Crippen MR) is 121 cm³/mol. The van der Waals surface area contributed by atoms with Crippen LogP contribution in [0.1, 0.15) is 43.7 Å². The molecule has 0 spiro atoms. The zero-order valence-corrected chi connectivity index (χ0v) is 19.2. The molecule has 1 saturated carbocycles. The molecule has 2 aromatic carbocycles. The molecule has 2 N–H and O–H groups in total. The van der Waals surface area contributed by atoms with E-state index in [9.17, 15) is 27.2 Å². The quantitative estimate of drug-likeness (QED) is 0.485. The van der Waals surface area contributed by atoms with Crippen LogP contribution < -0.4 is 10.2 Å². The van der Waals surface area contributed by atoms with E-state index in [1.54, 1.807) is 23.1 Å². The highest BCUT2D eigenvalue weighted by Gasteiger charge is 2.53. The van der Waals surface area contributed by atoms with Gasteiger partial charge in [0.15, 0.2) is 0 Å². The molecule has 2 fully saturated rings. The lowest BCUT2D eigenvalue weighted by Crippen LogP contribution is -2.29. The molecule has 5 rings (SSSR count). The van der Waals surface area contributed by atoms with E-state index in [1.165, 1.54) is 0 Å². The fourth-order valence-electron chi connectivity index (χ4n) is 4.74. The number of nitrogens with zero attached hydrogens (tertiary/aromatic N) is 4. The molecule has 188 valence electrons. The molecule has 2 aliphatic rings. The van der Waals surface area contributed by atoms with Gasteiger partial charge in [0, 0.05) is 29.3 Å². The van der Waals surface area contributed by atoms with Gasteiger partial charge < -0.3 is 10.2 Å². The number of carbonyl (C=O) groups is 2. The van der Waals surface area contributed by atoms with Gasteiger partial charge in [0.1, 0.15) is 5.82 Å². The van der Waals surface area contributed by atoms with Crippen molar-refractivity contribution < 1.29 is 27.2 Å². The maximum atomic E-state index is 14.6. The van der Waals surface area contributed by atoms with Gasteiger partial charge in [-0.25, -0.2) is 4.39 Å². The number of aromatic nitrogens is 4. The molecule has 1 aliphatic heterocycles. The van der Waals surface area contributed by atoms with Gasteiger partial charge in [-0.15, -0.1) is 10.2 Å². The minimum Gasteiger partial charge on any atom is -0.325 e. The second kappa shape index (κ2) is 8.68. The van der Waals surface area contributed by atoms with Crippen molar-refractivity contribution in [1.82, 2.24) is 20.6 Å². The minimum atomic E-state index is -4.68. The maximum Gasteiger partial charge on any atom is 0.416 e. The first-order valence-corrected chi connectivity index (χ1v) is 11.5. The highest BCUT2D eigenvalue weighted by molar-refractivity contribution is 6.04. The van der Waals surface area contributed by atoms with Gasteiger partial charge >= 0.3 is 6.18 Å². The van der Waals surface area contributed by atoms with Crippen molar-refractivity contribution in [2.75, 3.05) is 16.8 Å². The summed E-state index contributed by atoms with van der Waals surface area (Å²) in [6, 6.07) is 7.12. The van der Waals surface area contributed by atoms with Crippen molar-refractivity contribution in [3.05, 3.63) is 53.3 Å². The van der Waals surface area contributed by atoms with Crippen LogP contribution >= 0.6 is 0 Å². The van der Waals surface area contributed by atoms with Gasteiger partial charge in [-0.2, -0.15) is 18.4 Å². The summed E-state index contributed by atoms with van der Waals surface area (Å²) in [6.45, 7) is 2.49. The van der Waals surface area contributed by atoms with Crippen molar-refractivity contribution in [3.63, 3.8) is 0 Å². The van der Waals surface area contributed by atoms with Crippen LogP contribution in [0.15, 0.2) is 36.4 Å². The lowest BCUT2D eigenvalue weighted by Gasteiger charge is -2.21. The van der Waals surface area contributed by atoms with Crippen LogP contribution in [-0.2, 0) is 21.2 Å². The van der Waals surface area contributed by atoms with E-state index in [1.807, 2.05) is 6.92 Å². The molecule has 1 aromatic heterocycles. The first-order chi connectivity index (χ1) is 17.1. The summed E-state index contributed by atoms with van der Waals surface area (Å²) in [4.78, 5) is 27.7. The van der Waals surface area contributed by atoms with E-state index in [2.05, 4.69) is 25.9 Å². The third-order valence-corrected chi connectivity index (χ3v) is 6.94. The number of nitrogens with one attached hydrogen (secondary N) is 2. The lowest BCUT2D eigenvalue weighted by atomic mass is 9.93. The second-order valence-electron chi connectivity index (χ2n) is 9.08. The molecular formula is C24H22F4N6O2. The second-order valence-corrected chi connectivity index (χ2v) is 9.08. The summed E-state index contributed by atoms with van der Waals surface area (Å²) in [5, 5.41) is 16.7. The normalized spacial score (nSPS) is 19.0. The molecular weight excluding hydrogens is 480 g/mol. The van der Waals surface area contributed by atoms with Crippen LogP contribution in [0.4, 0.5) is 28.9 Å². The summed E-state index contributed by atoms with van der Waals surface area (Å²) in [5.41, 5.74) is -1.04. The number of alkyl halides is 3. The zero-order chi connectivity index (χ0) is 25.7. The Kier molecular flexibility index (Phi) is 5.76. The Labute approximate surface area is 203 Å². The highest BCUT2D eigenvalue weighted by atomic mass is 19.4. The number of halogens is 4. The van der Waals surface area contributed by atoms with Crippen LogP contribution in [-0.4, -0.2) is 39.0 Å². The number of hydrogen-bond acceptors (Lipinski definition) is 5. The first-order valence-electron chi connectivity index (χ1n) is 11.5. The number of anilines is 2. The number of hydrogen-bond donors (Lipinski definition) is 2. The van der Waals surface area contributed by atoms with Crippen LogP contribution in [0, 0.1) is 11.7 Å². The third-order valence-electron chi connectivity index (χ3n) is 6.94. The van der Waals surface area contributed by atoms with Gasteiger partial charge in [0.25, 0.3) is 0 Å². The average molecular weight is 502 g/mol. The number of benzene rings is 2. The van der Waals surface area contributed by atoms with E-state index < -0.39 is 28.9 Å². The first kappa shape index (κ1) is 23.9. The zero-order valence-electron chi connectivity index (χ0n) is 19.2. The van der Waals surface area contributed by atoms with Gasteiger partial charge in [0.2, 0.25) is 17.6 Å². The van der Waals surface area contributed by atoms with Crippen molar-refractivity contribution >= 4 is 23.2 Å². The number of aromatic amines is 1. The third kappa shape index (κ3) is 4.10. The summed E-state index contributed by atoms with van der Waals surface area (Å²) in [6.07, 6.45) is -2.63. The van der Waals surface area contributed by atoms with E-state index >= 15 is 0 Å². The van der Waals surface area contributed by atoms with E-state index in [0.29, 0.717) is 42.4 Å². The fraction of sp³-hybridized carbons (Fsp3) is 0.375. The number of H-pyrrole nitrogens is 1. The van der Waals surface area contributed by atoms with Crippen LogP contribution in [0.5, 0.6) is 0 Å². The molecule has 1 saturated heterocycles. The topological polar surface area (TPSA) is 104 Å². The van der Waals surface area contributed by atoms with Crippen molar-refractivity contribution in [2.24, 2.45) is 5.92 Å². The standard InChI is InChI=1S/C24H22F4N6O2/c1-2-13-7-10-34(21(13)35)19-6-4-15(12-16(19)20-30-32-33-31-20)29-22(36)23(8-9-23)17-5-3-14(11-18(17)25)24(26,27)28/h3-6,11-13H,2,7-10H2,1H3,(H,29,36)(H,30,31,32,33). The van der Waals surface area contributed by atoms with Gasteiger partial charge in [-0.3, -0.25) is 9.59 Å². The van der Waals surface area contributed by atoms with E-state index in [0.717, 1.165) is 25.0 Å². The van der Waals surface area contributed by atoms with Crippen molar-refractivity contribution in [3.8, 4) is 11.4 Å². The monoisotopic (exact) mass is 502 g/mol. The minimum absolute atomic E-state index is 0.00579. The van der Waals surface area contributed by atoms with Gasteiger partial charge in [0.05, 0.1) is 16.7 Å². The summed E-state index contributed by atoms with van der Waals surface area (Å²) in [7, 11) is 0. The largest absolute Gasteiger partial charge is 0.416 e. The van der Waals surface area contributed by atoms with Crippen molar-refractivity contribution in [2.45, 2.75) is 44.2 Å². The Bertz CT molecular complexity index is 1320. The summed E-state index contributed by atoms with van der Waals surface area (Å²) in [5.74, 6) is -1.46. The average Bonchev–Trinajstić information content (AvgIpc) is 3.29. The Morgan fingerprint density at radius 1 is 1.22 bits per heavy atom. The number of amides is 2. The summed E-state index contributed by atoms with van der Waals surface area (Å²) < 4.78 is 53.4. The summed E-state index contributed by atoms with van der Waals surface area (Å²) >= 11 is 0. The van der Waals surface area contributed by atoms with Gasteiger partial charge in [-0.05, 0) is 61.2 Å². The van der Waals surface area contributed by atoms with E-state index in [4.69, 9.17) is 0 Å². The Morgan fingerprint density at radius 2 is 2.00 bits per heavy atom. The molecule has 2 amide bonds. The molecule has 0 bridgehead atoms. The molecule has 0 radical (unpaired) electrons. The van der Waals surface area contributed by atoms with Gasteiger partial charge in [-0.1, -0.05) is 13.0 Å².